The van der Waals surface area contributed by atoms with Crippen LogP contribution in [-0.2, 0) is 22.4 Å². The van der Waals surface area contributed by atoms with Crippen LogP contribution >= 0.6 is 0 Å². The Labute approximate surface area is 202 Å². The monoisotopic (exact) mass is 465 g/mol. The molecule has 0 unspecified atom stereocenters. The molecule has 0 amide bonds. The van der Waals surface area contributed by atoms with Gasteiger partial charge in [-0.05, 0) is 75.9 Å². The average molecular weight is 466 g/mol. The second-order valence-corrected chi connectivity index (χ2v) is 9.19. The molecule has 0 aliphatic rings. The molecule has 2 aromatic carbocycles. The molecule has 3 rings (SSSR count). The average Bonchev–Trinajstić information content (AvgIpc) is 3.16. The lowest BCUT2D eigenvalue weighted by Crippen LogP contribution is -2.39. The molecule has 182 valence electrons. The van der Waals surface area contributed by atoms with Crippen LogP contribution in [0.3, 0.4) is 0 Å². The van der Waals surface area contributed by atoms with E-state index in [-0.39, 0.29) is 0 Å². The highest BCUT2D eigenvalue weighted by molar-refractivity contribution is 5.79. The standard InChI is InChI=1S/C28H35NO5/c1-7-31-27(30)28(5,6)34-23-13-14-25(22(18-23)17-19(2)3)32-16-15-24-20(4)33-26(29-24)21-11-9-8-10-12-21/h8-14,18-19H,7,15-17H2,1-6H3. The molecule has 3 aromatic rings. The quantitative estimate of drug-likeness (QED) is 0.314. The van der Waals surface area contributed by atoms with Crippen LogP contribution in [0.2, 0.25) is 0 Å². The van der Waals surface area contributed by atoms with Crippen molar-refractivity contribution in [3.8, 4) is 23.0 Å². The normalized spacial score (nSPS) is 11.5. The second kappa shape index (κ2) is 11.2. The first-order valence-electron chi connectivity index (χ1n) is 11.8. The van der Waals surface area contributed by atoms with E-state index < -0.39 is 11.6 Å². The van der Waals surface area contributed by atoms with Crippen LogP contribution in [0.25, 0.3) is 11.5 Å². The van der Waals surface area contributed by atoms with Crippen LogP contribution in [0.1, 0.15) is 51.6 Å². The van der Waals surface area contributed by atoms with Crippen molar-refractivity contribution in [3.63, 3.8) is 0 Å². The zero-order valence-corrected chi connectivity index (χ0v) is 21.0. The molecule has 0 fully saturated rings. The van der Waals surface area contributed by atoms with Gasteiger partial charge >= 0.3 is 5.97 Å². The van der Waals surface area contributed by atoms with Gasteiger partial charge in [0.25, 0.3) is 0 Å². The summed E-state index contributed by atoms with van der Waals surface area (Å²) in [5, 5.41) is 0. The lowest BCUT2D eigenvalue weighted by Gasteiger charge is -2.25. The number of esters is 1. The minimum atomic E-state index is -1.07. The molecule has 0 aliphatic heterocycles. The minimum Gasteiger partial charge on any atom is -0.493 e. The van der Waals surface area contributed by atoms with Gasteiger partial charge in [0.05, 0.1) is 18.9 Å². The summed E-state index contributed by atoms with van der Waals surface area (Å²) in [4.78, 5) is 16.9. The second-order valence-electron chi connectivity index (χ2n) is 9.19. The van der Waals surface area contributed by atoms with E-state index in [4.69, 9.17) is 18.6 Å². The fourth-order valence-corrected chi connectivity index (χ4v) is 3.62. The van der Waals surface area contributed by atoms with Gasteiger partial charge in [0, 0.05) is 12.0 Å². The molecule has 6 nitrogen and oxygen atoms in total. The predicted molar refractivity (Wildman–Crippen MR) is 132 cm³/mol. The van der Waals surface area contributed by atoms with Crippen molar-refractivity contribution < 1.29 is 23.4 Å². The Balaban J connectivity index is 1.69. The molecule has 0 spiro atoms. The third-order valence-electron chi connectivity index (χ3n) is 5.31. The van der Waals surface area contributed by atoms with Crippen molar-refractivity contribution in [2.24, 2.45) is 5.92 Å². The van der Waals surface area contributed by atoms with E-state index in [1.807, 2.05) is 55.5 Å². The van der Waals surface area contributed by atoms with Gasteiger partial charge in [-0.2, -0.15) is 0 Å². The maximum absolute atomic E-state index is 12.2. The third kappa shape index (κ3) is 6.62. The molecule has 1 heterocycles. The van der Waals surface area contributed by atoms with Crippen molar-refractivity contribution in [3.05, 3.63) is 65.5 Å². The summed E-state index contributed by atoms with van der Waals surface area (Å²) in [6.45, 7) is 12.2. The Morgan fingerprint density at radius 3 is 2.53 bits per heavy atom. The Bertz CT molecular complexity index is 1090. The predicted octanol–water partition coefficient (Wildman–Crippen LogP) is 6.19. The number of aromatic nitrogens is 1. The molecule has 0 aliphatic carbocycles. The lowest BCUT2D eigenvalue weighted by atomic mass is 10.0. The number of ether oxygens (including phenoxy) is 3. The van der Waals surface area contributed by atoms with E-state index in [1.165, 1.54) is 0 Å². The van der Waals surface area contributed by atoms with Crippen LogP contribution < -0.4 is 9.47 Å². The van der Waals surface area contributed by atoms with Gasteiger partial charge in [-0.15, -0.1) is 0 Å². The first-order valence-corrected chi connectivity index (χ1v) is 11.8. The van der Waals surface area contributed by atoms with Crippen molar-refractivity contribution >= 4 is 5.97 Å². The largest absolute Gasteiger partial charge is 0.493 e. The van der Waals surface area contributed by atoms with Gasteiger partial charge in [-0.3, -0.25) is 0 Å². The number of carbonyl (C=O) groups is 1. The zero-order chi connectivity index (χ0) is 24.7. The van der Waals surface area contributed by atoms with Crippen molar-refractivity contribution in [1.82, 2.24) is 4.98 Å². The molecule has 0 bridgehead atoms. The number of oxazole rings is 1. The van der Waals surface area contributed by atoms with Crippen molar-refractivity contribution in [1.29, 1.82) is 0 Å². The summed E-state index contributed by atoms with van der Waals surface area (Å²) in [5.74, 6) is 2.88. The van der Waals surface area contributed by atoms with Gasteiger partial charge in [-0.25, -0.2) is 9.78 Å². The van der Waals surface area contributed by atoms with Crippen molar-refractivity contribution in [2.75, 3.05) is 13.2 Å². The Kier molecular flexibility index (Phi) is 8.37. The van der Waals surface area contributed by atoms with Gasteiger partial charge in [-0.1, -0.05) is 32.0 Å². The van der Waals surface area contributed by atoms with Crippen LogP contribution in [0.4, 0.5) is 0 Å². The summed E-state index contributed by atoms with van der Waals surface area (Å²) in [5.41, 5.74) is 1.81. The Morgan fingerprint density at radius 1 is 1.12 bits per heavy atom. The molecule has 0 atom stereocenters. The topological polar surface area (TPSA) is 70.8 Å². The van der Waals surface area contributed by atoms with Crippen LogP contribution in [0.15, 0.2) is 52.9 Å². The number of carbonyl (C=O) groups excluding carboxylic acids is 1. The molecule has 6 heteroatoms. The fourth-order valence-electron chi connectivity index (χ4n) is 3.62. The summed E-state index contributed by atoms with van der Waals surface area (Å²) in [6.07, 6.45) is 1.46. The van der Waals surface area contributed by atoms with E-state index in [0.717, 1.165) is 34.8 Å². The van der Waals surface area contributed by atoms with Crippen LogP contribution in [0, 0.1) is 12.8 Å². The Morgan fingerprint density at radius 2 is 1.85 bits per heavy atom. The van der Waals surface area contributed by atoms with Crippen LogP contribution in [-0.4, -0.2) is 29.8 Å². The number of rotatable bonds is 11. The smallest absolute Gasteiger partial charge is 0.349 e. The van der Waals surface area contributed by atoms with Crippen molar-refractivity contribution in [2.45, 2.75) is 60.0 Å². The first kappa shape index (κ1) is 25.3. The Hall–Kier alpha value is -3.28. The van der Waals surface area contributed by atoms with E-state index in [0.29, 0.717) is 37.2 Å². The molecule has 1 aromatic heterocycles. The number of benzene rings is 2. The SMILES string of the molecule is CCOC(=O)C(C)(C)Oc1ccc(OCCc2nc(-c3ccccc3)oc2C)c(CC(C)C)c1. The van der Waals surface area contributed by atoms with Gasteiger partial charge in [0.2, 0.25) is 5.89 Å². The zero-order valence-electron chi connectivity index (χ0n) is 21.0. The molecule has 0 saturated heterocycles. The fraction of sp³-hybridized carbons (Fsp3) is 0.429. The highest BCUT2D eigenvalue weighted by Crippen LogP contribution is 2.30. The molecular weight excluding hydrogens is 430 g/mol. The summed E-state index contributed by atoms with van der Waals surface area (Å²) < 4.78 is 23.1. The van der Waals surface area contributed by atoms with Crippen LogP contribution in [0.5, 0.6) is 11.5 Å². The molecule has 0 saturated carbocycles. The maximum atomic E-state index is 12.2. The first-order chi connectivity index (χ1) is 16.2. The summed E-state index contributed by atoms with van der Waals surface area (Å²) in [7, 11) is 0. The number of nitrogens with zero attached hydrogens (tertiary/aromatic N) is 1. The lowest BCUT2D eigenvalue weighted by molar-refractivity contribution is -0.158. The van der Waals surface area contributed by atoms with E-state index >= 15 is 0 Å². The highest BCUT2D eigenvalue weighted by atomic mass is 16.6. The molecular formula is C28H35NO5. The summed E-state index contributed by atoms with van der Waals surface area (Å²) >= 11 is 0. The minimum absolute atomic E-state index is 0.314. The summed E-state index contributed by atoms with van der Waals surface area (Å²) in [6, 6.07) is 15.5. The maximum Gasteiger partial charge on any atom is 0.349 e. The van der Waals surface area contributed by atoms with Gasteiger partial charge < -0.3 is 18.6 Å². The van der Waals surface area contributed by atoms with E-state index in [1.54, 1.807) is 20.8 Å². The van der Waals surface area contributed by atoms with Gasteiger partial charge in [0.1, 0.15) is 17.3 Å². The highest BCUT2D eigenvalue weighted by Gasteiger charge is 2.31. The number of aryl methyl sites for hydroxylation is 1. The number of hydrogen-bond donors (Lipinski definition) is 0. The van der Waals surface area contributed by atoms with Gasteiger partial charge in [0.15, 0.2) is 5.60 Å². The van der Waals surface area contributed by atoms with E-state index in [9.17, 15) is 4.79 Å². The molecule has 0 N–H and O–H groups in total. The molecule has 0 radical (unpaired) electrons. The number of hydrogen-bond acceptors (Lipinski definition) is 6. The molecule has 34 heavy (non-hydrogen) atoms. The van der Waals surface area contributed by atoms with E-state index in [2.05, 4.69) is 18.8 Å². The third-order valence-corrected chi connectivity index (χ3v) is 5.31.